The monoisotopic (exact) mass is 310 g/mol. The van der Waals surface area contributed by atoms with Gasteiger partial charge in [-0.3, -0.25) is 4.90 Å². The van der Waals surface area contributed by atoms with Crippen LogP contribution in [0, 0.1) is 11.8 Å². The summed E-state index contributed by atoms with van der Waals surface area (Å²) < 4.78 is 0. The molecule has 1 aromatic rings. The molecular weight excluding hydrogens is 288 g/mol. The number of fused-ring (bicyclic) bond motifs is 2. The van der Waals surface area contributed by atoms with Crippen LogP contribution in [0.1, 0.15) is 31.7 Å². The van der Waals surface area contributed by atoms with Crippen molar-refractivity contribution in [2.24, 2.45) is 11.8 Å². The number of anilines is 1. The molecular formula is C19H22N2O2. The lowest BCUT2D eigenvalue weighted by Gasteiger charge is -2.52. The summed E-state index contributed by atoms with van der Waals surface area (Å²) in [5, 5.41) is 13.5. The van der Waals surface area contributed by atoms with Gasteiger partial charge in [-0.25, -0.2) is 4.79 Å². The second kappa shape index (κ2) is 4.38. The Hall–Kier alpha value is -1.81. The molecule has 1 aliphatic carbocycles. The smallest absolute Gasteiger partial charge is 0.333 e. The van der Waals surface area contributed by atoms with Crippen molar-refractivity contribution in [3.63, 3.8) is 0 Å². The van der Waals surface area contributed by atoms with Crippen molar-refractivity contribution in [1.29, 1.82) is 0 Å². The molecule has 3 aliphatic heterocycles. The minimum absolute atomic E-state index is 0.123. The molecule has 4 nitrogen and oxygen atoms in total. The lowest BCUT2D eigenvalue weighted by molar-refractivity contribution is -0.134. The van der Waals surface area contributed by atoms with Crippen molar-refractivity contribution in [2.45, 2.75) is 37.6 Å². The molecule has 1 spiro atoms. The number of carboxylic acids is 1. The number of nitrogens with zero attached hydrogens (tertiary/aromatic N) is 1. The van der Waals surface area contributed by atoms with E-state index in [9.17, 15) is 9.90 Å². The summed E-state index contributed by atoms with van der Waals surface area (Å²) in [6.45, 7) is 4.35. The number of aliphatic carboxylic acids is 1. The Labute approximate surface area is 136 Å². The van der Waals surface area contributed by atoms with Crippen LogP contribution in [0.15, 0.2) is 35.5 Å². The van der Waals surface area contributed by atoms with Gasteiger partial charge >= 0.3 is 5.97 Å². The van der Waals surface area contributed by atoms with Gasteiger partial charge < -0.3 is 10.4 Å². The molecule has 1 aromatic carbocycles. The number of piperidine rings is 1. The predicted molar refractivity (Wildman–Crippen MR) is 88.3 cm³/mol. The van der Waals surface area contributed by atoms with Crippen LogP contribution in [0.2, 0.25) is 0 Å². The molecule has 2 bridgehead atoms. The summed E-state index contributed by atoms with van der Waals surface area (Å²) in [6, 6.07) is 8.90. The van der Waals surface area contributed by atoms with E-state index in [4.69, 9.17) is 0 Å². The van der Waals surface area contributed by atoms with Crippen molar-refractivity contribution >= 4 is 11.7 Å². The van der Waals surface area contributed by atoms with Crippen LogP contribution < -0.4 is 5.32 Å². The van der Waals surface area contributed by atoms with Crippen LogP contribution >= 0.6 is 0 Å². The van der Waals surface area contributed by atoms with Crippen LogP contribution in [0.4, 0.5) is 5.69 Å². The Kier molecular flexibility index (Phi) is 2.59. The number of hydrogen-bond acceptors (Lipinski definition) is 3. The molecule has 0 amide bonds. The SMILES string of the molecule is CCC1C2CCN3CCC4(C(=C2C(=O)O)Nc2ccccc24)C13. The first-order chi connectivity index (χ1) is 11.2. The summed E-state index contributed by atoms with van der Waals surface area (Å²) in [5.41, 5.74) is 3.99. The molecule has 4 aliphatic rings. The van der Waals surface area contributed by atoms with E-state index < -0.39 is 5.97 Å². The van der Waals surface area contributed by atoms with E-state index in [-0.39, 0.29) is 11.3 Å². The second-order valence-electron chi connectivity index (χ2n) is 7.43. The van der Waals surface area contributed by atoms with E-state index in [1.54, 1.807) is 0 Å². The van der Waals surface area contributed by atoms with Crippen molar-refractivity contribution in [3.8, 4) is 0 Å². The molecule has 0 aromatic heterocycles. The zero-order valence-electron chi connectivity index (χ0n) is 13.4. The molecule has 23 heavy (non-hydrogen) atoms. The van der Waals surface area contributed by atoms with Gasteiger partial charge in [-0.15, -0.1) is 0 Å². The van der Waals surface area contributed by atoms with Gasteiger partial charge in [0.15, 0.2) is 0 Å². The maximum Gasteiger partial charge on any atom is 0.333 e. The highest BCUT2D eigenvalue weighted by molar-refractivity contribution is 5.92. The number of carbonyl (C=O) groups is 1. The van der Waals surface area contributed by atoms with E-state index in [2.05, 4.69) is 35.3 Å². The first-order valence-electron chi connectivity index (χ1n) is 8.77. The topological polar surface area (TPSA) is 52.6 Å². The maximum atomic E-state index is 12.2. The standard InChI is InChI=1S/C19H22N2O2/c1-2-11-12-7-9-21-10-8-19(17(11)21)13-5-3-4-6-14(13)20-16(19)15(12)18(22)23/h3-6,11-12,17,20H,2,7-10H2,1H3,(H,22,23). The van der Waals surface area contributed by atoms with Gasteiger partial charge in [0.05, 0.1) is 11.0 Å². The normalized spacial score (nSPS) is 37.3. The van der Waals surface area contributed by atoms with Crippen LogP contribution in [-0.4, -0.2) is 35.1 Å². The van der Waals surface area contributed by atoms with Crippen molar-refractivity contribution in [1.82, 2.24) is 4.90 Å². The van der Waals surface area contributed by atoms with Gasteiger partial charge in [0.1, 0.15) is 0 Å². The zero-order valence-corrected chi connectivity index (χ0v) is 13.4. The molecule has 0 radical (unpaired) electrons. The molecule has 2 fully saturated rings. The largest absolute Gasteiger partial charge is 0.478 e. The first-order valence-corrected chi connectivity index (χ1v) is 8.77. The van der Waals surface area contributed by atoms with Crippen molar-refractivity contribution in [3.05, 3.63) is 41.1 Å². The fourth-order valence-electron chi connectivity index (χ4n) is 6.10. The third-order valence-electron chi connectivity index (χ3n) is 6.80. The van der Waals surface area contributed by atoms with Gasteiger partial charge in [-0.1, -0.05) is 31.5 Å². The van der Waals surface area contributed by atoms with Gasteiger partial charge in [-0.05, 0) is 49.4 Å². The van der Waals surface area contributed by atoms with Crippen LogP contribution in [0.5, 0.6) is 0 Å². The summed E-state index contributed by atoms with van der Waals surface area (Å²) in [7, 11) is 0. The number of carboxylic acid groups (broad SMARTS) is 1. The second-order valence-corrected chi connectivity index (χ2v) is 7.43. The Morgan fingerprint density at radius 1 is 1.39 bits per heavy atom. The van der Waals surface area contributed by atoms with E-state index >= 15 is 0 Å². The molecule has 0 saturated carbocycles. The maximum absolute atomic E-state index is 12.2. The molecule has 4 heteroatoms. The first kappa shape index (κ1) is 13.6. The number of rotatable bonds is 2. The van der Waals surface area contributed by atoms with Gasteiger partial charge in [-0.2, -0.15) is 0 Å². The third-order valence-corrected chi connectivity index (χ3v) is 6.80. The Morgan fingerprint density at radius 2 is 2.22 bits per heavy atom. The molecule has 120 valence electrons. The Morgan fingerprint density at radius 3 is 3.00 bits per heavy atom. The third kappa shape index (κ3) is 1.44. The zero-order chi connectivity index (χ0) is 15.8. The molecule has 2 saturated heterocycles. The highest BCUT2D eigenvalue weighted by Crippen LogP contribution is 2.62. The number of para-hydroxylation sites is 1. The van der Waals surface area contributed by atoms with E-state index in [0.29, 0.717) is 17.5 Å². The fourth-order valence-corrected chi connectivity index (χ4v) is 6.10. The Balaban J connectivity index is 1.85. The molecule has 5 rings (SSSR count). The molecule has 2 N–H and O–H groups in total. The molecule has 4 unspecified atom stereocenters. The summed E-state index contributed by atoms with van der Waals surface area (Å²) >= 11 is 0. The van der Waals surface area contributed by atoms with Crippen LogP contribution in [0.3, 0.4) is 0 Å². The lowest BCUT2D eigenvalue weighted by atomic mass is 9.57. The van der Waals surface area contributed by atoms with E-state index in [0.717, 1.165) is 43.7 Å². The van der Waals surface area contributed by atoms with Crippen molar-refractivity contribution in [2.75, 3.05) is 18.4 Å². The van der Waals surface area contributed by atoms with E-state index in [1.807, 2.05) is 6.07 Å². The molecule has 3 heterocycles. The van der Waals surface area contributed by atoms with Gasteiger partial charge in [0.25, 0.3) is 0 Å². The molecule has 4 atom stereocenters. The summed E-state index contributed by atoms with van der Waals surface area (Å²) in [6.07, 6.45) is 3.07. The number of nitrogens with one attached hydrogen (secondary N) is 1. The van der Waals surface area contributed by atoms with Crippen molar-refractivity contribution < 1.29 is 9.90 Å². The highest BCUT2D eigenvalue weighted by Gasteiger charge is 2.64. The minimum Gasteiger partial charge on any atom is -0.478 e. The van der Waals surface area contributed by atoms with E-state index in [1.165, 1.54) is 5.56 Å². The van der Waals surface area contributed by atoms with Crippen LogP contribution in [-0.2, 0) is 10.2 Å². The minimum atomic E-state index is -0.720. The average molecular weight is 310 g/mol. The van der Waals surface area contributed by atoms with Crippen LogP contribution in [0.25, 0.3) is 0 Å². The lowest BCUT2D eigenvalue weighted by Crippen LogP contribution is -2.58. The number of benzene rings is 1. The average Bonchev–Trinajstić information content (AvgIpc) is 3.10. The van der Waals surface area contributed by atoms with Gasteiger partial charge in [0.2, 0.25) is 0 Å². The predicted octanol–water partition coefficient (Wildman–Crippen LogP) is 2.82. The summed E-state index contributed by atoms with van der Waals surface area (Å²) in [4.78, 5) is 14.8. The fraction of sp³-hybridized carbons (Fsp3) is 0.526. The summed E-state index contributed by atoms with van der Waals surface area (Å²) in [5.74, 6) is -0.0715. The van der Waals surface area contributed by atoms with Gasteiger partial charge in [0, 0.05) is 17.4 Å². The Bertz CT molecular complexity index is 741. The highest BCUT2D eigenvalue weighted by atomic mass is 16.4. The number of hydrogen-bond donors (Lipinski definition) is 2. The quantitative estimate of drug-likeness (QED) is 0.882.